The third-order valence-electron chi connectivity index (χ3n) is 3.76. The first-order chi connectivity index (χ1) is 8.76. The molecule has 1 saturated carbocycles. The Bertz CT molecular complexity index is 584. The van der Waals surface area contributed by atoms with E-state index in [4.69, 9.17) is 5.73 Å². The van der Waals surface area contributed by atoms with Gasteiger partial charge in [-0.15, -0.1) is 0 Å². The van der Waals surface area contributed by atoms with E-state index in [0.717, 1.165) is 12.5 Å². The molecule has 0 bridgehead atoms. The van der Waals surface area contributed by atoms with Crippen molar-refractivity contribution < 1.29 is 12.8 Å². The molecule has 0 saturated heterocycles. The van der Waals surface area contributed by atoms with Crippen molar-refractivity contribution in [2.24, 2.45) is 17.1 Å². The summed E-state index contributed by atoms with van der Waals surface area (Å²) in [5, 5.41) is 0. The Balaban J connectivity index is 2.11. The van der Waals surface area contributed by atoms with Crippen LogP contribution >= 0.6 is 0 Å². The van der Waals surface area contributed by atoms with E-state index in [-0.39, 0.29) is 16.9 Å². The van der Waals surface area contributed by atoms with Crippen LogP contribution in [0, 0.1) is 17.2 Å². The molecule has 0 aromatic heterocycles. The Morgan fingerprint density at radius 1 is 1.47 bits per heavy atom. The number of benzene rings is 1. The molecule has 106 valence electrons. The van der Waals surface area contributed by atoms with Crippen LogP contribution in [0.2, 0.25) is 0 Å². The van der Waals surface area contributed by atoms with Crippen molar-refractivity contribution in [3.8, 4) is 0 Å². The van der Waals surface area contributed by atoms with Crippen molar-refractivity contribution in [3.63, 3.8) is 0 Å². The molecule has 0 radical (unpaired) electrons. The lowest BCUT2D eigenvalue weighted by molar-refractivity contribution is 0.530. The van der Waals surface area contributed by atoms with Crippen LogP contribution in [0.15, 0.2) is 23.1 Å². The fourth-order valence-electron chi connectivity index (χ4n) is 2.10. The summed E-state index contributed by atoms with van der Waals surface area (Å²) in [5.41, 5.74) is 6.14. The lowest BCUT2D eigenvalue weighted by Crippen LogP contribution is -2.27. The summed E-state index contributed by atoms with van der Waals surface area (Å²) in [4.78, 5) is -0.317. The van der Waals surface area contributed by atoms with Crippen molar-refractivity contribution in [1.29, 1.82) is 0 Å². The monoisotopic (exact) mass is 286 g/mol. The van der Waals surface area contributed by atoms with E-state index >= 15 is 0 Å². The van der Waals surface area contributed by atoms with Crippen molar-refractivity contribution >= 4 is 10.0 Å². The summed E-state index contributed by atoms with van der Waals surface area (Å²) in [5.74, 6) is -0.431. The Labute approximate surface area is 113 Å². The van der Waals surface area contributed by atoms with Gasteiger partial charge < -0.3 is 5.73 Å². The molecule has 0 heterocycles. The molecule has 3 N–H and O–H groups in total. The molecule has 1 fully saturated rings. The second-order valence-corrected chi connectivity index (χ2v) is 7.45. The predicted octanol–water partition coefficient (Wildman–Crippen LogP) is 1.61. The number of nitrogens with one attached hydrogen (secondary N) is 1. The first-order valence-corrected chi connectivity index (χ1v) is 7.73. The first-order valence-electron chi connectivity index (χ1n) is 6.24. The summed E-state index contributed by atoms with van der Waals surface area (Å²) in [6.07, 6.45) is 0.990. The number of halogens is 1. The predicted molar refractivity (Wildman–Crippen MR) is 71.4 cm³/mol. The molecule has 1 atom stereocenters. The van der Waals surface area contributed by atoms with Crippen molar-refractivity contribution in [2.75, 3.05) is 6.54 Å². The average Bonchev–Trinajstić information content (AvgIpc) is 2.94. The largest absolute Gasteiger partial charge is 0.326 e. The Hall–Kier alpha value is -0.980. The minimum atomic E-state index is -3.79. The van der Waals surface area contributed by atoms with Crippen LogP contribution in [0.1, 0.15) is 25.8 Å². The van der Waals surface area contributed by atoms with Gasteiger partial charge in [-0.1, -0.05) is 19.9 Å². The van der Waals surface area contributed by atoms with Crippen LogP contribution < -0.4 is 10.5 Å². The average molecular weight is 286 g/mol. The molecule has 1 unspecified atom stereocenters. The van der Waals surface area contributed by atoms with E-state index < -0.39 is 15.8 Å². The van der Waals surface area contributed by atoms with Gasteiger partial charge in [-0.2, -0.15) is 0 Å². The van der Waals surface area contributed by atoms with E-state index in [1.165, 1.54) is 12.1 Å². The maximum absolute atomic E-state index is 13.8. The molecule has 2 rings (SSSR count). The van der Waals surface area contributed by atoms with Gasteiger partial charge in [0.1, 0.15) is 10.7 Å². The van der Waals surface area contributed by atoms with Crippen molar-refractivity contribution in [1.82, 2.24) is 4.72 Å². The SMILES string of the molecule is CC1(C)CC1CNS(=O)(=O)c1ccc(CN)cc1F. The number of sulfonamides is 1. The second-order valence-electron chi connectivity index (χ2n) is 5.71. The molecule has 1 aliphatic rings. The van der Waals surface area contributed by atoms with Gasteiger partial charge >= 0.3 is 0 Å². The Kier molecular flexibility index (Phi) is 3.68. The number of hydrogen-bond donors (Lipinski definition) is 2. The van der Waals surface area contributed by atoms with Gasteiger partial charge in [0.05, 0.1) is 0 Å². The normalized spacial score (nSPS) is 21.4. The number of rotatable bonds is 5. The zero-order valence-corrected chi connectivity index (χ0v) is 11.9. The molecule has 0 aliphatic heterocycles. The maximum Gasteiger partial charge on any atom is 0.243 e. The van der Waals surface area contributed by atoms with Crippen molar-refractivity contribution in [3.05, 3.63) is 29.6 Å². The number of nitrogens with two attached hydrogens (primary N) is 1. The van der Waals surface area contributed by atoms with Crippen LogP contribution in [-0.4, -0.2) is 15.0 Å². The molecular weight excluding hydrogens is 267 g/mol. The molecular formula is C13H19FN2O2S. The van der Waals surface area contributed by atoms with Crippen LogP contribution in [0.5, 0.6) is 0 Å². The van der Waals surface area contributed by atoms with Crippen LogP contribution in [0.25, 0.3) is 0 Å². The fourth-order valence-corrected chi connectivity index (χ4v) is 3.24. The molecule has 0 spiro atoms. The highest BCUT2D eigenvalue weighted by Gasteiger charge is 2.45. The van der Waals surface area contributed by atoms with Gasteiger partial charge in [-0.25, -0.2) is 17.5 Å². The summed E-state index contributed by atoms with van der Waals surface area (Å²) < 4.78 is 40.2. The third-order valence-corrected chi connectivity index (χ3v) is 5.22. The Morgan fingerprint density at radius 2 is 2.11 bits per heavy atom. The van der Waals surface area contributed by atoms with E-state index in [0.29, 0.717) is 18.0 Å². The molecule has 6 heteroatoms. The highest BCUT2D eigenvalue weighted by atomic mass is 32.2. The zero-order valence-electron chi connectivity index (χ0n) is 11.1. The Morgan fingerprint density at radius 3 is 2.58 bits per heavy atom. The summed E-state index contributed by atoms with van der Waals surface area (Å²) in [7, 11) is -3.79. The topological polar surface area (TPSA) is 72.2 Å². The van der Waals surface area contributed by atoms with Gasteiger partial charge in [0.15, 0.2) is 0 Å². The highest BCUT2D eigenvalue weighted by molar-refractivity contribution is 7.89. The smallest absolute Gasteiger partial charge is 0.243 e. The lowest BCUT2D eigenvalue weighted by atomic mass is 10.1. The maximum atomic E-state index is 13.8. The van der Waals surface area contributed by atoms with Crippen molar-refractivity contribution in [2.45, 2.75) is 31.7 Å². The van der Waals surface area contributed by atoms with Gasteiger partial charge in [0.25, 0.3) is 0 Å². The van der Waals surface area contributed by atoms with Crippen LogP contribution in [0.4, 0.5) is 4.39 Å². The lowest BCUT2D eigenvalue weighted by Gasteiger charge is -2.09. The minimum Gasteiger partial charge on any atom is -0.326 e. The van der Waals surface area contributed by atoms with Gasteiger partial charge in [0.2, 0.25) is 10.0 Å². The van der Waals surface area contributed by atoms with E-state index in [2.05, 4.69) is 18.6 Å². The fraction of sp³-hybridized carbons (Fsp3) is 0.538. The third kappa shape index (κ3) is 3.13. The van der Waals surface area contributed by atoms with Gasteiger partial charge in [-0.05, 0) is 35.4 Å². The standard InChI is InChI=1S/C13H19FN2O2S/c1-13(2)6-10(13)8-16-19(17,18)12-4-3-9(7-15)5-11(12)14/h3-5,10,16H,6-8,15H2,1-2H3. The first kappa shape index (κ1) is 14.4. The molecule has 4 nitrogen and oxygen atoms in total. The van der Waals surface area contributed by atoms with Gasteiger partial charge in [-0.3, -0.25) is 0 Å². The molecule has 1 aromatic carbocycles. The van der Waals surface area contributed by atoms with E-state index in [1.807, 2.05) is 0 Å². The quantitative estimate of drug-likeness (QED) is 0.863. The van der Waals surface area contributed by atoms with Crippen LogP contribution in [-0.2, 0) is 16.6 Å². The molecule has 19 heavy (non-hydrogen) atoms. The zero-order chi connectivity index (χ0) is 14.3. The molecule has 1 aliphatic carbocycles. The summed E-state index contributed by atoms with van der Waals surface area (Å²) in [6, 6.07) is 3.95. The highest BCUT2D eigenvalue weighted by Crippen LogP contribution is 2.51. The summed E-state index contributed by atoms with van der Waals surface area (Å²) in [6.45, 7) is 4.71. The summed E-state index contributed by atoms with van der Waals surface area (Å²) >= 11 is 0. The van der Waals surface area contributed by atoms with Gasteiger partial charge in [0, 0.05) is 13.1 Å². The molecule has 1 aromatic rings. The van der Waals surface area contributed by atoms with E-state index in [9.17, 15) is 12.8 Å². The van der Waals surface area contributed by atoms with E-state index in [1.54, 1.807) is 0 Å². The molecule has 0 amide bonds. The minimum absolute atomic E-state index is 0.181. The van der Waals surface area contributed by atoms with Crippen LogP contribution in [0.3, 0.4) is 0 Å². The second kappa shape index (κ2) is 4.85. The number of hydrogen-bond acceptors (Lipinski definition) is 3.